The number of carbonyl (C=O) groups excluding carboxylic acids is 1. The molecule has 4 aromatic rings. The molecule has 178 valence electrons. The molecule has 0 bridgehead atoms. The van der Waals surface area contributed by atoms with Gasteiger partial charge in [-0.2, -0.15) is 5.10 Å². The molecule has 1 amide bonds. The quantitative estimate of drug-likeness (QED) is 0.115. The van der Waals surface area contributed by atoms with E-state index in [1.807, 2.05) is 18.2 Å². The Morgan fingerprint density at radius 3 is 2.69 bits per heavy atom. The lowest BCUT2D eigenvalue weighted by Gasteiger charge is -2.13. The van der Waals surface area contributed by atoms with Gasteiger partial charge in [0.05, 0.1) is 21.8 Å². The number of nitrogens with one attached hydrogen (secondary N) is 1. The van der Waals surface area contributed by atoms with Crippen molar-refractivity contribution < 1.29 is 23.6 Å². The number of methoxy groups -OCH3 is 1. The maximum absolute atomic E-state index is 12.4. The summed E-state index contributed by atoms with van der Waals surface area (Å²) in [6, 6.07) is 16.4. The minimum absolute atomic E-state index is 0.0178. The summed E-state index contributed by atoms with van der Waals surface area (Å²) in [5, 5.41) is 16.0. The van der Waals surface area contributed by atoms with E-state index in [9.17, 15) is 14.9 Å². The highest BCUT2D eigenvalue weighted by Crippen LogP contribution is 2.34. The third-order valence-electron chi connectivity index (χ3n) is 4.86. The zero-order valence-corrected chi connectivity index (χ0v) is 21.1. The lowest BCUT2D eigenvalue weighted by molar-refractivity contribution is -0.384. The Morgan fingerprint density at radius 2 is 1.97 bits per heavy atom. The number of hydrogen-bond acceptors (Lipinski definition) is 7. The van der Waals surface area contributed by atoms with Crippen LogP contribution in [0, 0.1) is 13.7 Å². The highest BCUT2D eigenvalue weighted by atomic mass is 127. The van der Waals surface area contributed by atoms with E-state index in [1.54, 1.807) is 18.2 Å². The van der Waals surface area contributed by atoms with E-state index in [1.165, 1.54) is 37.6 Å². The summed E-state index contributed by atoms with van der Waals surface area (Å²) in [4.78, 5) is 22.8. The molecule has 1 N–H and O–H groups in total. The number of hydrogen-bond donors (Lipinski definition) is 1. The van der Waals surface area contributed by atoms with Crippen molar-refractivity contribution >= 4 is 63.0 Å². The van der Waals surface area contributed by atoms with Crippen LogP contribution in [-0.4, -0.2) is 24.2 Å². The first-order chi connectivity index (χ1) is 16.8. The summed E-state index contributed by atoms with van der Waals surface area (Å²) in [5.41, 5.74) is 4.29. The molecule has 0 atom stereocenters. The highest BCUT2D eigenvalue weighted by Gasteiger charge is 2.15. The Bertz CT molecular complexity index is 1440. The molecule has 1 heterocycles. The molecular weight excluding hydrogens is 589 g/mol. The molecule has 4 rings (SSSR count). The van der Waals surface area contributed by atoms with Crippen LogP contribution in [0.25, 0.3) is 11.0 Å². The van der Waals surface area contributed by atoms with E-state index < -0.39 is 10.8 Å². The number of ether oxygens (including phenoxy) is 2. The first-order valence-electron chi connectivity index (χ1n) is 10.1. The first-order valence-corrected chi connectivity index (χ1v) is 11.6. The Labute approximate surface area is 218 Å². The molecule has 0 aliphatic rings. The van der Waals surface area contributed by atoms with E-state index in [-0.39, 0.29) is 11.4 Å². The second-order valence-electron chi connectivity index (χ2n) is 7.24. The average Bonchev–Trinajstić information content (AvgIpc) is 3.27. The van der Waals surface area contributed by atoms with Gasteiger partial charge in [0.2, 0.25) is 0 Å². The Morgan fingerprint density at radius 1 is 1.20 bits per heavy atom. The molecule has 9 nitrogen and oxygen atoms in total. The normalized spacial score (nSPS) is 11.1. The van der Waals surface area contributed by atoms with Crippen LogP contribution < -0.4 is 14.9 Å². The summed E-state index contributed by atoms with van der Waals surface area (Å²) in [5.74, 6) is 0.485. The minimum Gasteiger partial charge on any atom is -0.493 e. The maximum Gasteiger partial charge on any atom is 0.307 e. The number of rotatable bonds is 8. The van der Waals surface area contributed by atoms with Gasteiger partial charge >= 0.3 is 5.91 Å². The predicted molar refractivity (Wildman–Crippen MR) is 139 cm³/mol. The monoisotopic (exact) mass is 605 g/mol. The van der Waals surface area contributed by atoms with E-state index in [0.29, 0.717) is 39.7 Å². The molecule has 0 aliphatic heterocycles. The van der Waals surface area contributed by atoms with Gasteiger partial charge in [0.15, 0.2) is 17.3 Å². The summed E-state index contributed by atoms with van der Waals surface area (Å²) in [6.07, 6.45) is 1.46. The number of amides is 1. The first kappa shape index (κ1) is 24.5. The molecule has 0 aliphatic carbocycles. The van der Waals surface area contributed by atoms with Crippen molar-refractivity contribution in [3.8, 4) is 11.5 Å². The van der Waals surface area contributed by atoms with Crippen molar-refractivity contribution in [1.29, 1.82) is 0 Å². The second-order valence-corrected chi connectivity index (χ2v) is 8.84. The molecule has 0 radical (unpaired) electrons. The number of carbonyl (C=O) groups is 1. The molecule has 0 fully saturated rings. The molecule has 0 saturated heterocycles. The molecule has 0 spiro atoms. The van der Waals surface area contributed by atoms with Crippen LogP contribution in [0.3, 0.4) is 0 Å². The summed E-state index contributed by atoms with van der Waals surface area (Å²) < 4.78 is 17.7. The zero-order valence-electron chi connectivity index (χ0n) is 18.2. The number of nitrogens with zero attached hydrogens (tertiary/aromatic N) is 2. The van der Waals surface area contributed by atoms with Gasteiger partial charge in [0.1, 0.15) is 12.2 Å². The number of fused-ring (bicyclic) bond motifs is 1. The van der Waals surface area contributed by atoms with Crippen molar-refractivity contribution in [2.24, 2.45) is 5.10 Å². The van der Waals surface area contributed by atoms with Gasteiger partial charge in [-0.3, -0.25) is 14.9 Å². The summed E-state index contributed by atoms with van der Waals surface area (Å²) >= 11 is 8.06. The fourth-order valence-electron chi connectivity index (χ4n) is 3.17. The Kier molecular flexibility index (Phi) is 7.51. The van der Waals surface area contributed by atoms with E-state index in [0.717, 1.165) is 9.13 Å². The van der Waals surface area contributed by atoms with Crippen LogP contribution in [0.1, 0.15) is 21.7 Å². The van der Waals surface area contributed by atoms with Crippen molar-refractivity contribution in [3.63, 3.8) is 0 Å². The van der Waals surface area contributed by atoms with Gasteiger partial charge in [-0.05, 0) is 70.1 Å². The second kappa shape index (κ2) is 10.7. The Hall–Kier alpha value is -3.64. The largest absolute Gasteiger partial charge is 0.493 e. The average molecular weight is 606 g/mol. The third-order valence-corrected chi connectivity index (χ3v) is 5.92. The van der Waals surface area contributed by atoms with Gasteiger partial charge in [-0.25, -0.2) is 5.43 Å². The minimum atomic E-state index is -0.593. The van der Waals surface area contributed by atoms with Crippen LogP contribution in [0.2, 0.25) is 5.02 Å². The lowest BCUT2D eigenvalue weighted by Crippen LogP contribution is -2.16. The number of hydrazone groups is 1. The Balaban J connectivity index is 1.44. The van der Waals surface area contributed by atoms with Gasteiger partial charge in [0.25, 0.3) is 5.69 Å². The van der Waals surface area contributed by atoms with Gasteiger partial charge in [-0.1, -0.05) is 23.7 Å². The zero-order chi connectivity index (χ0) is 24.9. The van der Waals surface area contributed by atoms with Gasteiger partial charge in [0, 0.05) is 22.5 Å². The molecule has 3 aromatic carbocycles. The highest BCUT2D eigenvalue weighted by molar-refractivity contribution is 14.1. The number of nitro groups is 1. The molecule has 35 heavy (non-hydrogen) atoms. The van der Waals surface area contributed by atoms with Gasteiger partial charge in [-0.15, -0.1) is 0 Å². The van der Waals surface area contributed by atoms with Crippen LogP contribution in [0.15, 0.2) is 70.2 Å². The van der Waals surface area contributed by atoms with Crippen LogP contribution >= 0.6 is 34.2 Å². The molecule has 11 heteroatoms. The van der Waals surface area contributed by atoms with Crippen LogP contribution in [0.5, 0.6) is 11.5 Å². The topological polar surface area (TPSA) is 116 Å². The van der Waals surface area contributed by atoms with E-state index in [4.69, 9.17) is 25.5 Å². The number of halogens is 2. The number of benzene rings is 3. The predicted octanol–water partition coefficient (Wildman–Crippen LogP) is 5.95. The third kappa shape index (κ3) is 5.89. The number of furan rings is 1. The van der Waals surface area contributed by atoms with Crippen molar-refractivity contribution in [2.45, 2.75) is 6.61 Å². The fraction of sp³-hybridized carbons (Fsp3) is 0.0833. The van der Waals surface area contributed by atoms with Crippen LogP contribution in [-0.2, 0) is 6.61 Å². The SMILES string of the molecule is COc1cc(/C=N\NC(=O)c2cc3cc([N+](=O)[O-])ccc3o2)cc(I)c1OCc1ccc(Cl)cc1. The number of nitro benzene ring substituents is 1. The lowest BCUT2D eigenvalue weighted by atomic mass is 10.2. The van der Waals surface area contributed by atoms with E-state index in [2.05, 4.69) is 33.1 Å². The van der Waals surface area contributed by atoms with Crippen molar-refractivity contribution in [2.75, 3.05) is 7.11 Å². The van der Waals surface area contributed by atoms with Gasteiger partial charge < -0.3 is 13.9 Å². The van der Waals surface area contributed by atoms with Crippen LogP contribution in [0.4, 0.5) is 5.69 Å². The fourth-order valence-corrected chi connectivity index (χ4v) is 4.07. The molecular formula is C24H17ClIN3O6. The van der Waals surface area contributed by atoms with Crippen molar-refractivity contribution in [3.05, 3.63) is 96.3 Å². The van der Waals surface area contributed by atoms with E-state index >= 15 is 0 Å². The molecule has 0 unspecified atom stereocenters. The maximum atomic E-state index is 12.4. The van der Waals surface area contributed by atoms with Crippen molar-refractivity contribution in [1.82, 2.24) is 5.43 Å². The summed E-state index contributed by atoms with van der Waals surface area (Å²) in [7, 11) is 1.54. The standard InChI is InChI=1S/C24H17ClIN3O6/c1-33-21-9-15(8-19(26)23(21)34-13-14-2-4-17(25)5-3-14)12-27-28-24(30)22-11-16-10-18(29(31)32)6-7-20(16)35-22/h2-12H,13H2,1H3,(H,28,30)/b27-12-. The molecule has 1 aromatic heterocycles. The molecule has 0 saturated carbocycles. The number of non-ortho nitro benzene ring substituents is 1. The summed E-state index contributed by atoms with van der Waals surface area (Å²) in [6.45, 7) is 0.341. The smallest absolute Gasteiger partial charge is 0.307 e.